The second-order valence-corrected chi connectivity index (χ2v) is 3.71. The van der Waals surface area contributed by atoms with Gasteiger partial charge < -0.3 is 14.2 Å². The number of ether oxygens (including phenoxy) is 3. The topological polar surface area (TPSA) is 27.7 Å². The van der Waals surface area contributed by atoms with E-state index in [4.69, 9.17) is 14.2 Å². The van der Waals surface area contributed by atoms with E-state index in [2.05, 4.69) is 13.8 Å². The van der Waals surface area contributed by atoms with Crippen LogP contribution in [0.3, 0.4) is 0 Å². The van der Waals surface area contributed by atoms with Crippen molar-refractivity contribution in [2.75, 3.05) is 33.5 Å². The van der Waals surface area contributed by atoms with Crippen molar-refractivity contribution < 1.29 is 14.2 Å². The van der Waals surface area contributed by atoms with E-state index in [-0.39, 0.29) is 6.10 Å². The van der Waals surface area contributed by atoms with E-state index < -0.39 is 0 Å². The maximum absolute atomic E-state index is 5.48. The van der Waals surface area contributed by atoms with Crippen LogP contribution in [0, 0.1) is 0 Å². The highest BCUT2D eigenvalue weighted by atomic mass is 16.6. The van der Waals surface area contributed by atoms with Crippen LogP contribution in [-0.2, 0) is 14.2 Å². The molecule has 0 fully saturated rings. The zero-order valence-corrected chi connectivity index (χ0v) is 10.5. The van der Waals surface area contributed by atoms with Crippen molar-refractivity contribution in [1.29, 1.82) is 0 Å². The summed E-state index contributed by atoms with van der Waals surface area (Å²) in [7, 11) is 1.71. The maximum Gasteiger partial charge on any atom is 0.104 e. The molecule has 0 rings (SSSR count). The number of unbranched alkanes of at least 4 members (excludes halogenated alkanes) is 2. The maximum atomic E-state index is 5.48. The fraction of sp³-hybridized carbons (Fsp3) is 1.00. The van der Waals surface area contributed by atoms with E-state index >= 15 is 0 Å². The predicted molar refractivity (Wildman–Crippen MR) is 62.3 cm³/mol. The molecule has 0 radical (unpaired) electrons. The van der Waals surface area contributed by atoms with Crippen LogP contribution in [0.15, 0.2) is 0 Å². The van der Waals surface area contributed by atoms with Gasteiger partial charge in [0.1, 0.15) is 6.10 Å². The van der Waals surface area contributed by atoms with Gasteiger partial charge in [-0.2, -0.15) is 0 Å². The van der Waals surface area contributed by atoms with Crippen LogP contribution in [0.5, 0.6) is 0 Å². The summed E-state index contributed by atoms with van der Waals surface area (Å²) in [6.07, 6.45) is 4.66. The molecule has 0 aromatic rings. The summed E-state index contributed by atoms with van der Waals surface area (Å²) in [6.45, 7) is 7.25. The summed E-state index contributed by atoms with van der Waals surface area (Å²) >= 11 is 0. The molecule has 0 aliphatic carbocycles. The molecule has 0 heterocycles. The first-order valence-corrected chi connectivity index (χ1v) is 6.03. The zero-order valence-electron chi connectivity index (χ0n) is 10.5. The summed E-state index contributed by atoms with van der Waals surface area (Å²) in [6, 6.07) is 0. The third-order valence-corrected chi connectivity index (χ3v) is 2.23. The van der Waals surface area contributed by atoms with Crippen LogP contribution in [0.4, 0.5) is 0 Å². The lowest BCUT2D eigenvalue weighted by Gasteiger charge is -2.15. The van der Waals surface area contributed by atoms with Gasteiger partial charge in [-0.05, 0) is 12.8 Å². The van der Waals surface area contributed by atoms with Crippen molar-refractivity contribution in [3.8, 4) is 0 Å². The van der Waals surface area contributed by atoms with Crippen molar-refractivity contribution in [2.24, 2.45) is 0 Å². The smallest absolute Gasteiger partial charge is 0.104 e. The van der Waals surface area contributed by atoms with Crippen LogP contribution >= 0.6 is 0 Å². The van der Waals surface area contributed by atoms with Gasteiger partial charge >= 0.3 is 0 Å². The van der Waals surface area contributed by atoms with Gasteiger partial charge in [-0.15, -0.1) is 0 Å². The Morgan fingerprint density at radius 2 is 1.33 bits per heavy atom. The molecule has 0 aromatic carbocycles. The van der Waals surface area contributed by atoms with Crippen molar-refractivity contribution >= 4 is 0 Å². The molecule has 0 N–H and O–H groups in total. The fourth-order valence-corrected chi connectivity index (χ4v) is 1.11. The lowest BCUT2D eigenvalue weighted by molar-refractivity contribution is -0.0415. The van der Waals surface area contributed by atoms with E-state index in [1.54, 1.807) is 7.11 Å². The molecule has 92 valence electrons. The fourth-order valence-electron chi connectivity index (χ4n) is 1.11. The predicted octanol–water partition coefficient (Wildman–Crippen LogP) is 2.63. The Morgan fingerprint density at radius 3 is 1.67 bits per heavy atom. The number of hydrogen-bond donors (Lipinski definition) is 0. The normalized spacial score (nSPS) is 11.2. The molecule has 0 saturated carbocycles. The first-order valence-electron chi connectivity index (χ1n) is 6.03. The molecule has 15 heavy (non-hydrogen) atoms. The number of methoxy groups -OCH3 is 1. The lowest BCUT2D eigenvalue weighted by Crippen LogP contribution is -2.24. The quantitative estimate of drug-likeness (QED) is 0.499. The molecule has 0 aliphatic rings. The van der Waals surface area contributed by atoms with Gasteiger partial charge in [0.2, 0.25) is 0 Å². The Balaban J connectivity index is 3.29. The van der Waals surface area contributed by atoms with Crippen LogP contribution in [-0.4, -0.2) is 39.6 Å². The van der Waals surface area contributed by atoms with Gasteiger partial charge in [-0.1, -0.05) is 26.7 Å². The summed E-state index contributed by atoms with van der Waals surface area (Å²) in [5.41, 5.74) is 0. The molecular weight excluding hydrogens is 192 g/mol. The highest BCUT2D eigenvalue weighted by Crippen LogP contribution is 1.97. The number of rotatable bonds is 11. The molecule has 3 nitrogen and oxygen atoms in total. The molecule has 0 bridgehead atoms. The van der Waals surface area contributed by atoms with Gasteiger partial charge in [-0.3, -0.25) is 0 Å². The van der Waals surface area contributed by atoms with Gasteiger partial charge in [0, 0.05) is 20.3 Å². The molecular formula is C12H26O3. The highest BCUT2D eigenvalue weighted by molar-refractivity contribution is 4.54. The Labute approximate surface area is 94.1 Å². The molecule has 3 heteroatoms. The van der Waals surface area contributed by atoms with Gasteiger partial charge in [0.25, 0.3) is 0 Å². The van der Waals surface area contributed by atoms with E-state index in [1.807, 2.05) is 0 Å². The monoisotopic (exact) mass is 218 g/mol. The van der Waals surface area contributed by atoms with Crippen LogP contribution < -0.4 is 0 Å². The minimum Gasteiger partial charge on any atom is -0.379 e. The van der Waals surface area contributed by atoms with E-state index in [0.29, 0.717) is 13.2 Å². The Kier molecular flexibility index (Phi) is 11.9. The van der Waals surface area contributed by atoms with Crippen molar-refractivity contribution in [2.45, 2.75) is 45.6 Å². The van der Waals surface area contributed by atoms with Crippen molar-refractivity contribution in [3.63, 3.8) is 0 Å². The Morgan fingerprint density at radius 1 is 0.867 bits per heavy atom. The van der Waals surface area contributed by atoms with Crippen LogP contribution in [0.25, 0.3) is 0 Å². The standard InChI is InChI=1S/C12H26O3/c1-4-6-8-14-10-12(13-3)11-15-9-7-5-2/h12H,4-11H2,1-3H3. The minimum absolute atomic E-state index is 0.0821. The van der Waals surface area contributed by atoms with Crippen molar-refractivity contribution in [1.82, 2.24) is 0 Å². The van der Waals surface area contributed by atoms with E-state index in [0.717, 1.165) is 26.1 Å². The average Bonchev–Trinajstić information content (AvgIpc) is 2.27. The molecule has 0 spiro atoms. The largest absolute Gasteiger partial charge is 0.379 e. The van der Waals surface area contributed by atoms with Crippen molar-refractivity contribution in [3.05, 3.63) is 0 Å². The summed E-state index contributed by atoms with van der Waals surface area (Å²) in [5, 5.41) is 0. The van der Waals surface area contributed by atoms with E-state index in [9.17, 15) is 0 Å². The Bertz CT molecular complexity index is 105. The second-order valence-electron chi connectivity index (χ2n) is 3.71. The molecule has 0 atom stereocenters. The zero-order chi connectivity index (χ0) is 11.4. The summed E-state index contributed by atoms with van der Waals surface area (Å²) in [5.74, 6) is 0. The second kappa shape index (κ2) is 12.0. The molecule has 0 saturated heterocycles. The molecule has 0 aromatic heterocycles. The Hall–Kier alpha value is -0.120. The van der Waals surface area contributed by atoms with Gasteiger partial charge in [0.05, 0.1) is 13.2 Å². The van der Waals surface area contributed by atoms with E-state index in [1.165, 1.54) is 12.8 Å². The first-order chi connectivity index (χ1) is 7.35. The first kappa shape index (κ1) is 14.9. The molecule has 0 unspecified atom stereocenters. The highest BCUT2D eigenvalue weighted by Gasteiger charge is 2.06. The summed E-state index contributed by atoms with van der Waals surface area (Å²) in [4.78, 5) is 0. The van der Waals surface area contributed by atoms with Gasteiger partial charge in [0.15, 0.2) is 0 Å². The van der Waals surface area contributed by atoms with Gasteiger partial charge in [-0.25, -0.2) is 0 Å². The minimum atomic E-state index is 0.0821. The average molecular weight is 218 g/mol. The SMILES string of the molecule is CCCCOCC(COCCCC)OC. The molecule has 0 amide bonds. The third kappa shape index (κ3) is 10.2. The third-order valence-electron chi connectivity index (χ3n) is 2.23. The summed E-state index contributed by atoms with van der Waals surface area (Å²) < 4.78 is 16.2. The number of hydrogen-bond acceptors (Lipinski definition) is 3. The van der Waals surface area contributed by atoms with Crippen LogP contribution in [0.1, 0.15) is 39.5 Å². The molecule has 0 aliphatic heterocycles. The van der Waals surface area contributed by atoms with Crippen LogP contribution in [0.2, 0.25) is 0 Å². The lowest BCUT2D eigenvalue weighted by atomic mass is 10.3.